The molecule has 0 saturated carbocycles. The molecule has 2 rings (SSSR count). The van der Waals surface area contributed by atoms with Gasteiger partial charge in [-0.2, -0.15) is 0 Å². The topological polar surface area (TPSA) is 49.4 Å². The van der Waals surface area contributed by atoms with Gasteiger partial charge in [-0.1, -0.05) is 66.6 Å². The zero-order chi connectivity index (χ0) is 20.7. The molecule has 150 valence electrons. The lowest BCUT2D eigenvalue weighted by atomic mass is 10.0. The van der Waals surface area contributed by atoms with Crippen LogP contribution in [0.25, 0.3) is 0 Å². The molecular weight excluding hydrogens is 348 g/mol. The molecule has 1 atom stereocenters. The van der Waals surface area contributed by atoms with Crippen molar-refractivity contribution in [3.8, 4) is 0 Å². The quantitative estimate of drug-likeness (QED) is 0.747. The molecule has 0 heterocycles. The van der Waals surface area contributed by atoms with Crippen molar-refractivity contribution < 1.29 is 9.59 Å². The van der Waals surface area contributed by atoms with Crippen LogP contribution in [0.2, 0.25) is 0 Å². The Labute approximate surface area is 169 Å². The summed E-state index contributed by atoms with van der Waals surface area (Å²) in [6, 6.07) is 15.6. The van der Waals surface area contributed by atoms with Crippen molar-refractivity contribution >= 4 is 11.8 Å². The second kappa shape index (κ2) is 10.1. The van der Waals surface area contributed by atoms with Crippen LogP contribution in [0.1, 0.15) is 49.4 Å². The monoisotopic (exact) mass is 380 g/mol. The Kier molecular flexibility index (Phi) is 7.80. The minimum absolute atomic E-state index is 0.0306. The van der Waals surface area contributed by atoms with Crippen LogP contribution in [-0.4, -0.2) is 28.8 Å². The maximum absolute atomic E-state index is 13.2. The molecule has 4 nitrogen and oxygen atoms in total. The van der Waals surface area contributed by atoms with E-state index in [2.05, 4.69) is 5.32 Å². The van der Waals surface area contributed by atoms with Gasteiger partial charge in [0.25, 0.3) is 0 Å². The van der Waals surface area contributed by atoms with Crippen molar-refractivity contribution in [3.63, 3.8) is 0 Å². The third kappa shape index (κ3) is 6.22. The van der Waals surface area contributed by atoms with Crippen LogP contribution in [0.4, 0.5) is 0 Å². The number of nitrogens with zero attached hydrogens (tertiary/aromatic N) is 1. The van der Waals surface area contributed by atoms with E-state index in [9.17, 15) is 9.59 Å². The van der Waals surface area contributed by atoms with Crippen molar-refractivity contribution in [3.05, 3.63) is 70.8 Å². The lowest BCUT2D eigenvalue weighted by molar-refractivity contribution is -0.141. The van der Waals surface area contributed by atoms with Crippen molar-refractivity contribution in [2.75, 3.05) is 0 Å². The molecule has 0 aliphatic heterocycles. The molecule has 1 N–H and O–H groups in total. The van der Waals surface area contributed by atoms with Crippen molar-refractivity contribution in [2.45, 2.75) is 66.1 Å². The fourth-order valence-electron chi connectivity index (χ4n) is 3.29. The van der Waals surface area contributed by atoms with Crippen molar-refractivity contribution in [1.82, 2.24) is 10.2 Å². The predicted octanol–water partition coefficient (Wildman–Crippen LogP) is 4.18. The first kappa shape index (κ1) is 21.7. The molecule has 0 fully saturated rings. The van der Waals surface area contributed by atoms with E-state index in [0.29, 0.717) is 19.4 Å². The fraction of sp³-hybridized carbons (Fsp3) is 0.417. The number of amides is 2. The Morgan fingerprint density at radius 1 is 0.964 bits per heavy atom. The van der Waals surface area contributed by atoms with Crippen molar-refractivity contribution in [2.24, 2.45) is 0 Å². The smallest absolute Gasteiger partial charge is 0.243 e. The summed E-state index contributed by atoms with van der Waals surface area (Å²) in [4.78, 5) is 27.7. The van der Waals surface area contributed by atoms with Gasteiger partial charge in [-0.3, -0.25) is 9.59 Å². The maximum Gasteiger partial charge on any atom is 0.243 e. The first-order valence-corrected chi connectivity index (χ1v) is 10.0. The molecule has 28 heavy (non-hydrogen) atoms. The van der Waals surface area contributed by atoms with E-state index in [1.807, 2.05) is 83.1 Å². The molecule has 2 aromatic rings. The van der Waals surface area contributed by atoms with Crippen LogP contribution in [-0.2, 0) is 22.6 Å². The van der Waals surface area contributed by atoms with E-state index < -0.39 is 6.04 Å². The van der Waals surface area contributed by atoms with Gasteiger partial charge in [0.2, 0.25) is 11.8 Å². The third-order valence-corrected chi connectivity index (χ3v) is 4.73. The van der Waals surface area contributed by atoms with Crippen LogP contribution in [0, 0.1) is 13.8 Å². The van der Waals surface area contributed by atoms with E-state index in [0.717, 1.165) is 16.7 Å². The molecule has 0 spiro atoms. The average Bonchev–Trinajstić information content (AvgIpc) is 2.62. The van der Waals surface area contributed by atoms with E-state index in [1.165, 1.54) is 5.56 Å². The summed E-state index contributed by atoms with van der Waals surface area (Å²) < 4.78 is 0. The Bertz CT molecular complexity index is 797. The highest BCUT2D eigenvalue weighted by atomic mass is 16.2. The Morgan fingerprint density at radius 3 is 2.21 bits per heavy atom. The SMILES string of the molecule is CCC(C(=O)NC(C)C)N(Cc1ccc(C)cc1)C(=O)Cc1cccc(C)c1. The summed E-state index contributed by atoms with van der Waals surface area (Å²) in [6.07, 6.45) is 0.864. The number of nitrogens with one attached hydrogen (secondary N) is 1. The molecule has 1 unspecified atom stereocenters. The summed E-state index contributed by atoms with van der Waals surface area (Å²) in [5, 5.41) is 2.96. The second-order valence-corrected chi connectivity index (χ2v) is 7.76. The number of aryl methyl sites for hydroxylation is 2. The van der Waals surface area contributed by atoms with Gasteiger partial charge in [0.05, 0.1) is 6.42 Å². The molecule has 0 aromatic heterocycles. The molecule has 0 radical (unpaired) electrons. The summed E-state index contributed by atoms with van der Waals surface area (Å²) in [5.74, 6) is -0.126. The highest BCUT2D eigenvalue weighted by molar-refractivity contribution is 5.88. The van der Waals surface area contributed by atoms with Crippen LogP contribution < -0.4 is 5.32 Å². The third-order valence-electron chi connectivity index (χ3n) is 4.73. The molecule has 2 amide bonds. The van der Waals surface area contributed by atoms with Crippen molar-refractivity contribution in [1.29, 1.82) is 0 Å². The van der Waals surface area contributed by atoms with Gasteiger partial charge >= 0.3 is 0 Å². The largest absolute Gasteiger partial charge is 0.352 e. The molecule has 2 aromatic carbocycles. The normalized spacial score (nSPS) is 11.9. The highest BCUT2D eigenvalue weighted by Crippen LogP contribution is 2.16. The summed E-state index contributed by atoms with van der Waals surface area (Å²) in [6.45, 7) is 10.3. The average molecular weight is 381 g/mol. The molecule has 0 bridgehead atoms. The van der Waals surface area contributed by atoms with Crippen LogP contribution in [0.15, 0.2) is 48.5 Å². The van der Waals surface area contributed by atoms with Gasteiger partial charge in [0.1, 0.15) is 6.04 Å². The number of rotatable bonds is 8. The predicted molar refractivity (Wildman–Crippen MR) is 114 cm³/mol. The Balaban J connectivity index is 2.28. The van der Waals surface area contributed by atoms with Gasteiger partial charge in [-0.15, -0.1) is 0 Å². The number of carbonyl (C=O) groups is 2. The molecule has 0 aliphatic rings. The summed E-state index contributed by atoms with van der Waals surface area (Å²) >= 11 is 0. The number of benzene rings is 2. The molecule has 4 heteroatoms. The number of carbonyl (C=O) groups excluding carboxylic acids is 2. The number of hydrogen-bond acceptors (Lipinski definition) is 2. The van der Waals surface area contributed by atoms with E-state index in [-0.39, 0.29) is 17.9 Å². The summed E-state index contributed by atoms with van der Waals surface area (Å²) in [5.41, 5.74) is 4.29. The van der Waals surface area contributed by atoms with Crippen LogP contribution in [0.3, 0.4) is 0 Å². The van der Waals surface area contributed by atoms with Gasteiger partial charge in [0.15, 0.2) is 0 Å². The number of hydrogen-bond donors (Lipinski definition) is 1. The second-order valence-electron chi connectivity index (χ2n) is 7.76. The zero-order valence-corrected chi connectivity index (χ0v) is 17.7. The minimum Gasteiger partial charge on any atom is -0.352 e. The van der Waals surface area contributed by atoms with Crippen LogP contribution in [0.5, 0.6) is 0 Å². The highest BCUT2D eigenvalue weighted by Gasteiger charge is 2.28. The lowest BCUT2D eigenvalue weighted by Gasteiger charge is -2.31. The maximum atomic E-state index is 13.2. The molecular formula is C24H32N2O2. The van der Waals surface area contributed by atoms with Gasteiger partial charge < -0.3 is 10.2 Å². The van der Waals surface area contributed by atoms with Gasteiger partial charge in [-0.05, 0) is 45.2 Å². The van der Waals surface area contributed by atoms with E-state index >= 15 is 0 Å². The van der Waals surface area contributed by atoms with Gasteiger partial charge in [0, 0.05) is 12.6 Å². The standard InChI is InChI=1S/C24H32N2O2/c1-6-22(24(28)25-17(2)3)26(16-20-12-10-18(4)11-13-20)23(27)15-21-9-7-8-19(5)14-21/h7-14,17,22H,6,15-16H2,1-5H3,(H,25,28). The summed E-state index contributed by atoms with van der Waals surface area (Å²) in [7, 11) is 0. The van der Waals surface area contributed by atoms with Gasteiger partial charge in [-0.25, -0.2) is 0 Å². The fourth-order valence-corrected chi connectivity index (χ4v) is 3.29. The first-order chi connectivity index (χ1) is 13.3. The van der Waals surface area contributed by atoms with Crippen LogP contribution >= 0.6 is 0 Å². The lowest BCUT2D eigenvalue weighted by Crippen LogP contribution is -2.50. The van der Waals surface area contributed by atoms with E-state index in [1.54, 1.807) is 4.90 Å². The molecule has 0 saturated heterocycles. The Morgan fingerprint density at radius 2 is 1.64 bits per heavy atom. The van der Waals surface area contributed by atoms with E-state index in [4.69, 9.17) is 0 Å². The molecule has 0 aliphatic carbocycles. The minimum atomic E-state index is -0.485. The Hall–Kier alpha value is -2.62. The first-order valence-electron chi connectivity index (χ1n) is 10.0. The zero-order valence-electron chi connectivity index (χ0n) is 17.7.